The summed E-state index contributed by atoms with van der Waals surface area (Å²) in [5.74, 6) is 0.847. The average Bonchev–Trinajstić information content (AvgIpc) is 2.37. The van der Waals surface area contributed by atoms with Gasteiger partial charge in [0.1, 0.15) is 5.78 Å². The predicted octanol–water partition coefficient (Wildman–Crippen LogP) is 3.35. The highest BCUT2D eigenvalue weighted by atomic mass is 16.3. The van der Waals surface area contributed by atoms with E-state index in [0.29, 0.717) is 12.3 Å². The average molecular weight is 238 g/mol. The first-order valence-corrected chi connectivity index (χ1v) is 6.93. The van der Waals surface area contributed by atoms with E-state index in [-0.39, 0.29) is 18.3 Å². The van der Waals surface area contributed by atoms with Crippen LogP contribution in [0.2, 0.25) is 0 Å². The van der Waals surface area contributed by atoms with Crippen LogP contribution in [0.5, 0.6) is 0 Å². The van der Waals surface area contributed by atoms with Gasteiger partial charge in [-0.25, -0.2) is 0 Å². The van der Waals surface area contributed by atoms with Crippen molar-refractivity contribution >= 4 is 5.78 Å². The second-order valence-corrected chi connectivity index (χ2v) is 5.28. The fourth-order valence-electron chi connectivity index (χ4n) is 3.41. The van der Waals surface area contributed by atoms with Crippen molar-refractivity contribution in [1.82, 2.24) is 0 Å². The van der Waals surface area contributed by atoms with E-state index in [1.54, 1.807) is 0 Å². The number of Topliss-reactive ketones (excluding diaryl/α,β-unsaturated/α-hetero) is 1. The molecule has 2 heteroatoms. The first-order chi connectivity index (χ1) is 8.16. The van der Waals surface area contributed by atoms with Crippen LogP contribution in [0.15, 0.2) is 12.7 Å². The zero-order chi connectivity index (χ0) is 12.9. The predicted molar refractivity (Wildman–Crippen MR) is 70.8 cm³/mol. The molecule has 0 unspecified atom stereocenters. The number of carbonyl (C=O) groups is 1. The molecule has 0 saturated heterocycles. The van der Waals surface area contributed by atoms with Crippen LogP contribution in [0.25, 0.3) is 0 Å². The number of hydrogen-bond acceptors (Lipinski definition) is 2. The fraction of sp³-hybridized carbons (Fsp3) is 0.800. The summed E-state index contributed by atoms with van der Waals surface area (Å²) in [6.45, 7) is 8.21. The summed E-state index contributed by atoms with van der Waals surface area (Å²) in [6, 6.07) is 0. The monoisotopic (exact) mass is 238 g/mol. The Bertz CT molecular complexity index is 268. The molecular formula is C15H26O2. The number of carbonyl (C=O) groups excluding carboxylic acids is 1. The van der Waals surface area contributed by atoms with E-state index in [0.717, 1.165) is 32.1 Å². The maximum absolute atomic E-state index is 12.3. The van der Waals surface area contributed by atoms with E-state index in [2.05, 4.69) is 20.4 Å². The molecular weight excluding hydrogens is 212 g/mol. The lowest BCUT2D eigenvalue weighted by atomic mass is 9.61. The van der Waals surface area contributed by atoms with Gasteiger partial charge in [0.2, 0.25) is 0 Å². The standard InChI is InChI=1S/C15H26O2/c1-4-12(5-2)13(6-3)15(11-16)10-8-7-9-14(15)17/h6,12-13,16H,3-5,7-11H2,1-2H3/t13-,15+/m0/s1. The Morgan fingerprint density at radius 3 is 2.47 bits per heavy atom. The topological polar surface area (TPSA) is 37.3 Å². The lowest BCUT2D eigenvalue weighted by Gasteiger charge is -2.43. The number of aliphatic hydroxyl groups excluding tert-OH is 1. The molecule has 1 N–H and O–H groups in total. The molecule has 2 atom stereocenters. The second-order valence-electron chi connectivity index (χ2n) is 5.28. The quantitative estimate of drug-likeness (QED) is 0.721. The maximum Gasteiger partial charge on any atom is 0.141 e. The third-order valence-electron chi connectivity index (χ3n) is 4.56. The Morgan fingerprint density at radius 2 is 2.06 bits per heavy atom. The summed E-state index contributed by atoms with van der Waals surface area (Å²) in [4.78, 5) is 12.3. The van der Waals surface area contributed by atoms with Gasteiger partial charge in [0.25, 0.3) is 0 Å². The van der Waals surface area contributed by atoms with Gasteiger partial charge in [-0.2, -0.15) is 0 Å². The van der Waals surface area contributed by atoms with E-state index in [9.17, 15) is 9.90 Å². The van der Waals surface area contributed by atoms with Crippen LogP contribution in [0.3, 0.4) is 0 Å². The molecule has 0 aromatic heterocycles. The van der Waals surface area contributed by atoms with Crippen molar-refractivity contribution in [3.63, 3.8) is 0 Å². The Balaban J connectivity index is 3.02. The molecule has 2 nitrogen and oxygen atoms in total. The first-order valence-electron chi connectivity index (χ1n) is 6.93. The van der Waals surface area contributed by atoms with Crippen LogP contribution < -0.4 is 0 Å². The Kier molecular flexibility index (Phi) is 5.38. The normalized spacial score (nSPS) is 27.2. The van der Waals surface area contributed by atoms with Gasteiger partial charge in [-0.15, -0.1) is 6.58 Å². The highest BCUT2D eigenvalue weighted by Gasteiger charge is 2.46. The Labute approximate surface area is 105 Å². The van der Waals surface area contributed by atoms with E-state index < -0.39 is 5.41 Å². The van der Waals surface area contributed by atoms with Crippen LogP contribution in [0.4, 0.5) is 0 Å². The van der Waals surface area contributed by atoms with Crippen molar-refractivity contribution in [1.29, 1.82) is 0 Å². The van der Waals surface area contributed by atoms with E-state index in [4.69, 9.17) is 0 Å². The van der Waals surface area contributed by atoms with Crippen molar-refractivity contribution < 1.29 is 9.90 Å². The summed E-state index contributed by atoms with van der Waals surface area (Å²) < 4.78 is 0. The number of allylic oxidation sites excluding steroid dienone is 1. The third kappa shape index (κ3) is 2.62. The molecule has 98 valence electrons. The van der Waals surface area contributed by atoms with Crippen molar-refractivity contribution in [3.05, 3.63) is 12.7 Å². The summed E-state index contributed by atoms with van der Waals surface area (Å²) in [5, 5.41) is 9.78. The van der Waals surface area contributed by atoms with Gasteiger partial charge >= 0.3 is 0 Å². The molecule has 0 bridgehead atoms. The van der Waals surface area contributed by atoms with Crippen molar-refractivity contribution in [3.8, 4) is 0 Å². The maximum atomic E-state index is 12.3. The van der Waals surface area contributed by atoms with Gasteiger partial charge in [-0.05, 0) is 24.7 Å². The summed E-state index contributed by atoms with van der Waals surface area (Å²) in [5.41, 5.74) is -0.531. The number of ketones is 1. The van der Waals surface area contributed by atoms with E-state index >= 15 is 0 Å². The minimum atomic E-state index is -0.531. The van der Waals surface area contributed by atoms with Crippen molar-refractivity contribution in [2.24, 2.45) is 17.3 Å². The van der Waals surface area contributed by atoms with E-state index in [1.165, 1.54) is 0 Å². The molecule has 1 saturated carbocycles. The summed E-state index contributed by atoms with van der Waals surface area (Å²) in [6.07, 6.45) is 7.49. The van der Waals surface area contributed by atoms with Crippen LogP contribution in [0.1, 0.15) is 52.4 Å². The Hall–Kier alpha value is -0.630. The highest BCUT2D eigenvalue weighted by molar-refractivity contribution is 5.86. The molecule has 17 heavy (non-hydrogen) atoms. The fourth-order valence-corrected chi connectivity index (χ4v) is 3.41. The lowest BCUT2D eigenvalue weighted by molar-refractivity contribution is -0.138. The second kappa shape index (κ2) is 6.34. The van der Waals surface area contributed by atoms with Crippen molar-refractivity contribution in [2.45, 2.75) is 52.4 Å². The zero-order valence-electron chi connectivity index (χ0n) is 11.2. The third-order valence-corrected chi connectivity index (χ3v) is 4.56. The van der Waals surface area contributed by atoms with Gasteiger partial charge in [0.15, 0.2) is 0 Å². The van der Waals surface area contributed by atoms with Crippen LogP contribution >= 0.6 is 0 Å². The molecule has 0 radical (unpaired) electrons. The molecule has 0 aliphatic heterocycles. The lowest BCUT2D eigenvalue weighted by Crippen LogP contribution is -2.46. The molecule has 0 amide bonds. The minimum absolute atomic E-state index is 0.0149. The van der Waals surface area contributed by atoms with Crippen LogP contribution in [-0.2, 0) is 4.79 Å². The molecule has 0 heterocycles. The van der Waals surface area contributed by atoms with Crippen LogP contribution in [-0.4, -0.2) is 17.5 Å². The SMILES string of the molecule is C=C[C@@H](C(CC)CC)[C@]1(CO)CCCCC1=O. The molecule has 0 spiro atoms. The molecule has 0 aromatic carbocycles. The number of rotatable bonds is 6. The molecule has 1 aliphatic carbocycles. The van der Waals surface area contributed by atoms with Gasteiger partial charge in [-0.3, -0.25) is 4.79 Å². The zero-order valence-corrected chi connectivity index (χ0v) is 11.2. The molecule has 0 aromatic rings. The largest absolute Gasteiger partial charge is 0.395 e. The molecule has 1 aliphatic rings. The van der Waals surface area contributed by atoms with E-state index in [1.807, 2.05) is 6.08 Å². The van der Waals surface area contributed by atoms with Gasteiger partial charge < -0.3 is 5.11 Å². The van der Waals surface area contributed by atoms with Crippen LogP contribution in [0, 0.1) is 17.3 Å². The van der Waals surface area contributed by atoms with Gasteiger partial charge in [0.05, 0.1) is 12.0 Å². The molecule has 1 rings (SSSR count). The van der Waals surface area contributed by atoms with Crippen molar-refractivity contribution in [2.75, 3.05) is 6.61 Å². The minimum Gasteiger partial charge on any atom is -0.395 e. The number of aliphatic hydroxyl groups is 1. The smallest absolute Gasteiger partial charge is 0.141 e. The Morgan fingerprint density at radius 1 is 1.41 bits per heavy atom. The summed E-state index contributed by atoms with van der Waals surface area (Å²) in [7, 11) is 0. The summed E-state index contributed by atoms with van der Waals surface area (Å²) >= 11 is 0. The first kappa shape index (κ1) is 14.4. The van der Waals surface area contributed by atoms with Gasteiger partial charge in [0, 0.05) is 6.42 Å². The number of hydrogen-bond donors (Lipinski definition) is 1. The molecule has 1 fully saturated rings. The van der Waals surface area contributed by atoms with Gasteiger partial charge in [-0.1, -0.05) is 39.2 Å². The highest BCUT2D eigenvalue weighted by Crippen LogP contribution is 2.45.